The SMILES string of the molecule is CC[C@@H](NC(=O)c1cn2c(n1)CNCC2)c1ccc(S(C)(=O)=O)cc1. The molecule has 25 heavy (non-hydrogen) atoms. The summed E-state index contributed by atoms with van der Waals surface area (Å²) < 4.78 is 25.1. The van der Waals surface area contributed by atoms with Gasteiger partial charge in [-0.25, -0.2) is 13.4 Å². The quantitative estimate of drug-likeness (QED) is 0.836. The largest absolute Gasteiger partial charge is 0.344 e. The lowest BCUT2D eigenvalue weighted by atomic mass is 10.0. The van der Waals surface area contributed by atoms with Crippen molar-refractivity contribution >= 4 is 15.7 Å². The number of hydrogen-bond donors (Lipinski definition) is 2. The van der Waals surface area contributed by atoms with Crippen molar-refractivity contribution in [2.24, 2.45) is 0 Å². The highest BCUT2D eigenvalue weighted by molar-refractivity contribution is 7.90. The summed E-state index contributed by atoms with van der Waals surface area (Å²) in [4.78, 5) is 17.2. The van der Waals surface area contributed by atoms with Crippen LogP contribution in [0.3, 0.4) is 0 Å². The van der Waals surface area contributed by atoms with Gasteiger partial charge in [0.05, 0.1) is 17.5 Å². The number of nitrogens with zero attached hydrogens (tertiary/aromatic N) is 2. The van der Waals surface area contributed by atoms with Crippen LogP contribution in [0, 0.1) is 0 Å². The van der Waals surface area contributed by atoms with Gasteiger partial charge in [0.2, 0.25) is 0 Å². The Balaban J connectivity index is 1.75. The summed E-state index contributed by atoms with van der Waals surface area (Å²) in [5.74, 6) is 0.642. The van der Waals surface area contributed by atoms with Crippen molar-refractivity contribution in [1.82, 2.24) is 20.2 Å². The molecule has 0 bridgehead atoms. The predicted octanol–water partition coefficient (Wildman–Crippen LogP) is 1.27. The van der Waals surface area contributed by atoms with Gasteiger partial charge in [0.15, 0.2) is 9.84 Å². The molecule has 0 saturated heterocycles. The van der Waals surface area contributed by atoms with Gasteiger partial charge in [0.25, 0.3) is 5.91 Å². The molecule has 7 nitrogen and oxygen atoms in total. The molecule has 0 spiro atoms. The van der Waals surface area contributed by atoms with Gasteiger partial charge in [-0.2, -0.15) is 0 Å². The second-order valence-corrected chi connectivity index (χ2v) is 8.20. The Morgan fingerprint density at radius 1 is 1.36 bits per heavy atom. The molecule has 0 fully saturated rings. The summed E-state index contributed by atoms with van der Waals surface area (Å²) in [6.07, 6.45) is 3.65. The van der Waals surface area contributed by atoms with Crippen LogP contribution in [0.4, 0.5) is 0 Å². The molecular weight excluding hydrogens is 340 g/mol. The zero-order chi connectivity index (χ0) is 18.0. The van der Waals surface area contributed by atoms with E-state index in [-0.39, 0.29) is 16.8 Å². The fourth-order valence-electron chi connectivity index (χ4n) is 2.90. The third-order valence-corrected chi connectivity index (χ3v) is 5.46. The lowest BCUT2D eigenvalue weighted by Gasteiger charge is -2.17. The number of aromatic nitrogens is 2. The van der Waals surface area contributed by atoms with Gasteiger partial charge in [0, 0.05) is 25.5 Å². The van der Waals surface area contributed by atoms with E-state index < -0.39 is 9.84 Å². The van der Waals surface area contributed by atoms with E-state index in [1.54, 1.807) is 30.5 Å². The molecule has 1 atom stereocenters. The Bertz CT molecular complexity index is 848. The fraction of sp³-hybridized carbons (Fsp3) is 0.412. The van der Waals surface area contributed by atoms with Gasteiger partial charge in [0.1, 0.15) is 11.5 Å². The van der Waals surface area contributed by atoms with Gasteiger partial charge in [-0.1, -0.05) is 19.1 Å². The number of carbonyl (C=O) groups excluding carboxylic acids is 1. The maximum Gasteiger partial charge on any atom is 0.271 e. The van der Waals surface area contributed by atoms with E-state index >= 15 is 0 Å². The summed E-state index contributed by atoms with van der Waals surface area (Å²) in [6, 6.07) is 6.43. The van der Waals surface area contributed by atoms with Crippen LogP contribution in [0.15, 0.2) is 35.4 Å². The smallest absolute Gasteiger partial charge is 0.271 e. The molecule has 1 aromatic heterocycles. The average Bonchev–Trinajstić information content (AvgIpc) is 3.03. The number of benzene rings is 1. The average molecular weight is 362 g/mol. The first-order valence-corrected chi connectivity index (χ1v) is 10.1. The Morgan fingerprint density at radius 2 is 2.08 bits per heavy atom. The third kappa shape index (κ3) is 3.91. The van der Waals surface area contributed by atoms with Gasteiger partial charge in [-0.3, -0.25) is 4.79 Å². The first-order chi connectivity index (χ1) is 11.9. The summed E-state index contributed by atoms with van der Waals surface area (Å²) in [5, 5.41) is 6.21. The molecule has 1 aliphatic heterocycles. The van der Waals surface area contributed by atoms with E-state index in [0.717, 1.165) is 24.5 Å². The van der Waals surface area contributed by atoms with Gasteiger partial charge in [-0.15, -0.1) is 0 Å². The van der Waals surface area contributed by atoms with Crippen LogP contribution in [0.2, 0.25) is 0 Å². The lowest BCUT2D eigenvalue weighted by molar-refractivity contribution is 0.0930. The van der Waals surface area contributed by atoms with Crippen molar-refractivity contribution in [3.63, 3.8) is 0 Å². The highest BCUT2D eigenvalue weighted by atomic mass is 32.2. The number of sulfone groups is 1. The molecule has 1 aromatic carbocycles. The highest BCUT2D eigenvalue weighted by Gasteiger charge is 2.20. The minimum Gasteiger partial charge on any atom is -0.344 e. The number of hydrogen-bond acceptors (Lipinski definition) is 5. The van der Waals surface area contributed by atoms with Crippen LogP contribution in [-0.2, 0) is 22.9 Å². The van der Waals surface area contributed by atoms with E-state index in [4.69, 9.17) is 0 Å². The van der Waals surface area contributed by atoms with Crippen molar-refractivity contribution in [1.29, 1.82) is 0 Å². The van der Waals surface area contributed by atoms with Crippen molar-refractivity contribution < 1.29 is 13.2 Å². The normalized spacial score (nSPS) is 15.4. The molecule has 8 heteroatoms. The summed E-state index contributed by atoms with van der Waals surface area (Å²) in [5.41, 5.74) is 1.28. The first-order valence-electron chi connectivity index (χ1n) is 8.26. The predicted molar refractivity (Wildman–Crippen MR) is 94.0 cm³/mol. The Hall–Kier alpha value is -2.19. The van der Waals surface area contributed by atoms with E-state index in [9.17, 15) is 13.2 Å². The second-order valence-electron chi connectivity index (χ2n) is 6.19. The Morgan fingerprint density at radius 3 is 2.68 bits per heavy atom. The zero-order valence-electron chi connectivity index (χ0n) is 14.3. The lowest BCUT2D eigenvalue weighted by Crippen LogP contribution is -2.28. The number of amides is 1. The van der Waals surface area contributed by atoms with Crippen LogP contribution < -0.4 is 10.6 Å². The van der Waals surface area contributed by atoms with E-state index in [1.807, 2.05) is 11.5 Å². The molecule has 1 amide bonds. The molecule has 0 saturated carbocycles. The van der Waals surface area contributed by atoms with Gasteiger partial charge < -0.3 is 15.2 Å². The van der Waals surface area contributed by atoms with E-state index in [2.05, 4.69) is 15.6 Å². The highest BCUT2D eigenvalue weighted by Crippen LogP contribution is 2.20. The monoisotopic (exact) mass is 362 g/mol. The molecule has 134 valence electrons. The Labute approximate surface area is 147 Å². The van der Waals surface area contributed by atoms with Crippen molar-refractivity contribution in [3.05, 3.63) is 47.5 Å². The maximum atomic E-state index is 12.5. The van der Waals surface area contributed by atoms with Crippen LogP contribution in [0.1, 0.15) is 41.3 Å². The summed E-state index contributed by atoms with van der Waals surface area (Å²) in [7, 11) is -3.23. The second kappa shape index (κ2) is 6.97. The number of imidazole rings is 1. The van der Waals surface area contributed by atoms with Crippen molar-refractivity contribution in [2.45, 2.75) is 37.4 Å². The van der Waals surface area contributed by atoms with Crippen LogP contribution >= 0.6 is 0 Å². The minimum atomic E-state index is -3.23. The minimum absolute atomic E-state index is 0.196. The molecular formula is C17H22N4O3S. The maximum absolute atomic E-state index is 12.5. The molecule has 2 N–H and O–H groups in total. The van der Waals surface area contributed by atoms with Crippen LogP contribution in [0.25, 0.3) is 0 Å². The number of nitrogens with one attached hydrogen (secondary N) is 2. The molecule has 2 heterocycles. The summed E-state index contributed by atoms with van der Waals surface area (Å²) >= 11 is 0. The van der Waals surface area contributed by atoms with E-state index in [0.29, 0.717) is 18.7 Å². The standard InChI is InChI=1S/C17H22N4O3S/c1-3-14(12-4-6-13(7-5-12)25(2,23)24)20-17(22)15-11-21-9-8-18-10-16(21)19-15/h4-7,11,14,18H,3,8-10H2,1-2H3,(H,20,22)/t14-/m1/s1. The molecule has 1 aliphatic rings. The van der Waals surface area contributed by atoms with Crippen LogP contribution in [0.5, 0.6) is 0 Å². The van der Waals surface area contributed by atoms with Gasteiger partial charge in [-0.05, 0) is 24.1 Å². The van der Waals surface area contributed by atoms with Crippen molar-refractivity contribution in [3.8, 4) is 0 Å². The molecule has 0 unspecified atom stereocenters. The Kier molecular flexibility index (Phi) is 4.91. The van der Waals surface area contributed by atoms with Crippen molar-refractivity contribution in [2.75, 3.05) is 12.8 Å². The van der Waals surface area contributed by atoms with Crippen LogP contribution in [-0.4, -0.2) is 36.7 Å². The fourth-order valence-corrected chi connectivity index (χ4v) is 3.53. The zero-order valence-corrected chi connectivity index (χ0v) is 15.1. The number of fused-ring (bicyclic) bond motifs is 1. The van der Waals surface area contributed by atoms with E-state index in [1.165, 1.54) is 6.26 Å². The van der Waals surface area contributed by atoms with Gasteiger partial charge >= 0.3 is 0 Å². The summed E-state index contributed by atoms with van der Waals surface area (Å²) in [6.45, 7) is 4.31. The number of carbonyl (C=O) groups is 1. The number of rotatable bonds is 5. The molecule has 2 aromatic rings. The third-order valence-electron chi connectivity index (χ3n) is 4.33. The molecule has 3 rings (SSSR count). The molecule has 0 radical (unpaired) electrons. The topological polar surface area (TPSA) is 93.1 Å². The first kappa shape index (κ1) is 17.6. The molecule has 0 aliphatic carbocycles.